The van der Waals surface area contributed by atoms with Gasteiger partial charge in [0.05, 0.1) is 18.1 Å². The van der Waals surface area contributed by atoms with Crippen LogP contribution in [0.4, 0.5) is 13.2 Å². The van der Waals surface area contributed by atoms with Crippen LogP contribution in [-0.2, 0) is 30.7 Å². The maximum Gasteiger partial charge on any atom is 0.490 e. The Hall–Kier alpha value is -3.27. The van der Waals surface area contributed by atoms with Crippen molar-refractivity contribution in [3.63, 3.8) is 0 Å². The third-order valence-electron chi connectivity index (χ3n) is 6.59. The Balaban J connectivity index is 0.000000745. The molecule has 0 radical (unpaired) electrons. The maximum atomic E-state index is 14.1. The van der Waals surface area contributed by atoms with Crippen LogP contribution in [0.5, 0.6) is 5.75 Å². The Bertz CT molecular complexity index is 1220. The number of aliphatic carboxylic acids is 1. The lowest BCUT2D eigenvalue weighted by Crippen LogP contribution is -2.66. The molecule has 1 fully saturated rings. The Kier molecular flexibility index (Phi) is 12.5. The number of benzene rings is 1. The molecular formula is C26H34F3N3O8S. The minimum Gasteiger partial charge on any atom is -0.497 e. The summed E-state index contributed by atoms with van der Waals surface area (Å²) < 4.78 is 71.0. The number of hydrogen-bond acceptors (Lipinski definition) is 9. The van der Waals surface area contributed by atoms with Crippen LogP contribution in [0, 0.1) is 5.92 Å². The number of pyridine rings is 1. The molecule has 3 rings (SSSR count). The molecule has 0 spiro atoms. The molecule has 4 N–H and O–H groups in total. The number of nitrogens with zero attached hydrogens (tertiary/aromatic N) is 1. The van der Waals surface area contributed by atoms with Crippen molar-refractivity contribution in [2.75, 3.05) is 13.7 Å². The van der Waals surface area contributed by atoms with Crippen LogP contribution in [0.25, 0.3) is 0 Å². The molecule has 0 aliphatic heterocycles. The number of aromatic nitrogens is 1. The first-order valence-corrected chi connectivity index (χ1v) is 14.2. The number of carboxylic acids is 1. The second-order valence-corrected chi connectivity index (χ2v) is 11.3. The Labute approximate surface area is 235 Å². The molecule has 2 aromatic rings. The molecule has 41 heavy (non-hydrogen) atoms. The first kappa shape index (κ1) is 33.9. The molecule has 1 aliphatic rings. The third-order valence-corrected chi connectivity index (χ3v) is 8.99. The zero-order valence-corrected chi connectivity index (χ0v) is 23.4. The molecule has 1 aliphatic carbocycles. The third kappa shape index (κ3) is 8.61. The van der Waals surface area contributed by atoms with Gasteiger partial charge in [0.15, 0.2) is 0 Å². The maximum absolute atomic E-state index is 14.1. The van der Waals surface area contributed by atoms with Gasteiger partial charge in [-0.05, 0) is 74.1 Å². The van der Waals surface area contributed by atoms with E-state index >= 15 is 0 Å². The highest BCUT2D eigenvalue weighted by atomic mass is 32.2. The van der Waals surface area contributed by atoms with Gasteiger partial charge in [0.1, 0.15) is 5.75 Å². The van der Waals surface area contributed by atoms with Crippen molar-refractivity contribution in [1.29, 1.82) is 0 Å². The van der Waals surface area contributed by atoms with E-state index in [1.807, 2.05) is 6.92 Å². The quantitative estimate of drug-likeness (QED) is 0.220. The van der Waals surface area contributed by atoms with E-state index in [0.717, 1.165) is 12.0 Å². The summed E-state index contributed by atoms with van der Waals surface area (Å²) in [6.45, 7) is 2.77. The SMILES string of the molecule is CCCO[C@H]1CC[C@H]([C@@](NCc2ccncc2)(C(=O)NO)S(=O)(=O)c2ccc(OC)cc2)CC1.O=C(O)C(F)(F)F. The number of halogens is 3. The number of ether oxygens (including phenoxy) is 2. The largest absolute Gasteiger partial charge is 0.497 e. The number of alkyl halides is 3. The first-order chi connectivity index (χ1) is 19.3. The number of carbonyl (C=O) groups is 2. The summed E-state index contributed by atoms with van der Waals surface area (Å²) in [6.07, 6.45) is 1.17. The fraction of sp³-hybridized carbons (Fsp3) is 0.500. The molecule has 1 amide bonds. The van der Waals surface area contributed by atoms with Crippen LogP contribution in [0.3, 0.4) is 0 Å². The predicted octanol–water partition coefficient (Wildman–Crippen LogP) is 3.47. The molecule has 1 atom stereocenters. The van der Waals surface area contributed by atoms with Gasteiger partial charge < -0.3 is 14.6 Å². The van der Waals surface area contributed by atoms with Gasteiger partial charge in [0.2, 0.25) is 14.7 Å². The highest BCUT2D eigenvalue weighted by Crippen LogP contribution is 2.41. The molecule has 228 valence electrons. The number of carbonyl (C=O) groups excluding carboxylic acids is 1. The van der Waals surface area contributed by atoms with E-state index in [9.17, 15) is 31.6 Å². The van der Waals surface area contributed by atoms with Crippen molar-refractivity contribution < 1.29 is 51.0 Å². The van der Waals surface area contributed by atoms with Crippen molar-refractivity contribution in [2.45, 2.75) is 67.6 Å². The van der Waals surface area contributed by atoms with E-state index in [4.69, 9.17) is 19.4 Å². The van der Waals surface area contributed by atoms with Gasteiger partial charge >= 0.3 is 12.1 Å². The topological polar surface area (TPSA) is 164 Å². The predicted molar refractivity (Wildman–Crippen MR) is 140 cm³/mol. The number of hydroxylamine groups is 1. The van der Waals surface area contributed by atoms with Crippen molar-refractivity contribution in [2.24, 2.45) is 5.92 Å². The summed E-state index contributed by atoms with van der Waals surface area (Å²) in [4.78, 5) is 24.0. The summed E-state index contributed by atoms with van der Waals surface area (Å²) >= 11 is 0. The van der Waals surface area contributed by atoms with E-state index in [0.29, 0.717) is 38.0 Å². The van der Waals surface area contributed by atoms with E-state index in [1.54, 1.807) is 30.0 Å². The number of sulfone groups is 1. The lowest BCUT2D eigenvalue weighted by molar-refractivity contribution is -0.192. The van der Waals surface area contributed by atoms with Gasteiger partial charge in [-0.1, -0.05) is 6.92 Å². The van der Waals surface area contributed by atoms with Crippen LogP contribution in [-0.4, -0.2) is 66.5 Å². The fourth-order valence-electron chi connectivity index (χ4n) is 4.52. The number of methoxy groups -OCH3 is 1. The summed E-state index contributed by atoms with van der Waals surface area (Å²) in [5.74, 6) is -3.85. The normalized spacial score (nSPS) is 18.8. The van der Waals surface area contributed by atoms with Gasteiger partial charge in [-0.25, -0.2) is 18.7 Å². The summed E-state index contributed by atoms with van der Waals surface area (Å²) in [5.41, 5.74) is 2.39. The van der Waals surface area contributed by atoms with E-state index in [2.05, 4.69) is 10.3 Å². The molecule has 0 unspecified atom stereocenters. The minimum atomic E-state index is -5.08. The second kappa shape index (κ2) is 15.1. The first-order valence-electron chi connectivity index (χ1n) is 12.7. The smallest absolute Gasteiger partial charge is 0.490 e. The van der Waals surface area contributed by atoms with Crippen molar-refractivity contribution in [3.05, 3.63) is 54.4 Å². The second-order valence-electron chi connectivity index (χ2n) is 9.21. The van der Waals surface area contributed by atoms with Crippen LogP contribution >= 0.6 is 0 Å². The zero-order chi connectivity index (χ0) is 30.7. The highest BCUT2D eigenvalue weighted by molar-refractivity contribution is 7.93. The van der Waals surface area contributed by atoms with Gasteiger partial charge in [-0.3, -0.25) is 20.3 Å². The average Bonchev–Trinajstić information content (AvgIpc) is 2.97. The molecule has 0 saturated heterocycles. The average molecular weight is 606 g/mol. The van der Waals surface area contributed by atoms with Crippen molar-refractivity contribution >= 4 is 21.7 Å². The highest BCUT2D eigenvalue weighted by Gasteiger charge is 2.57. The summed E-state index contributed by atoms with van der Waals surface area (Å²) in [5, 5.41) is 19.9. The van der Waals surface area contributed by atoms with Crippen molar-refractivity contribution in [3.8, 4) is 5.75 Å². The number of nitrogens with one attached hydrogen (secondary N) is 2. The van der Waals surface area contributed by atoms with Crippen LogP contribution < -0.4 is 15.5 Å². The van der Waals surface area contributed by atoms with E-state index in [-0.39, 0.29) is 17.5 Å². The Morgan fingerprint density at radius 3 is 2.07 bits per heavy atom. The molecule has 1 saturated carbocycles. The van der Waals surface area contributed by atoms with Gasteiger partial charge in [0, 0.05) is 31.5 Å². The van der Waals surface area contributed by atoms with E-state index in [1.165, 1.54) is 31.4 Å². The van der Waals surface area contributed by atoms with Crippen molar-refractivity contribution in [1.82, 2.24) is 15.8 Å². The molecule has 15 heteroatoms. The molecule has 1 aromatic carbocycles. The Morgan fingerprint density at radius 2 is 1.61 bits per heavy atom. The van der Waals surface area contributed by atoms with Crippen LogP contribution in [0.1, 0.15) is 44.6 Å². The van der Waals surface area contributed by atoms with Crippen LogP contribution in [0.15, 0.2) is 53.7 Å². The summed E-state index contributed by atoms with van der Waals surface area (Å²) in [6, 6.07) is 9.38. The molecule has 1 heterocycles. The van der Waals surface area contributed by atoms with Crippen LogP contribution in [0.2, 0.25) is 0 Å². The standard InChI is InChI=1S/C24H33N3O6S.C2HF3O2/c1-3-16-33-21-6-4-19(5-7-21)24(23(28)27-29,26-17-18-12-14-25-15-13-18)34(30,31)22-10-8-20(32-2)9-11-22;3-2(4,5)1(6)7/h8-15,19,21,26,29H,3-7,16-17H2,1-2H3,(H,27,28);(H,6,7)/t19-,21-,24-;/m0./s1. The van der Waals surface area contributed by atoms with Gasteiger partial charge in [0.25, 0.3) is 5.91 Å². The lowest BCUT2D eigenvalue weighted by Gasteiger charge is -2.42. The van der Waals surface area contributed by atoms with Gasteiger partial charge in [-0.2, -0.15) is 13.2 Å². The molecule has 11 nitrogen and oxygen atoms in total. The van der Waals surface area contributed by atoms with E-state index < -0.39 is 38.7 Å². The Morgan fingerprint density at radius 1 is 1.05 bits per heavy atom. The molecular weight excluding hydrogens is 571 g/mol. The molecule has 1 aromatic heterocycles. The number of amides is 1. The fourth-order valence-corrected chi connectivity index (χ4v) is 6.62. The monoisotopic (exact) mass is 605 g/mol. The molecule has 0 bridgehead atoms. The number of carboxylic acid groups (broad SMARTS) is 1. The summed E-state index contributed by atoms with van der Waals surface area (Å²) in [7, 11) is -2.81. The van der Waals surface area contributed by atoms with Gasteiger partial charge in [-0.15, -0.1) is 0 Å². The zero-order valence-electron chi connectivity index (χ0n) is 22.6. The number of rotatable bonds is 11. The minimum absolute atomic E-state index is 0.0231. The number of hydrogen-bond donors (Lipinski definition) is 4. The lowest BCUT2D eigenvalue weighted by atomic mass is 9.81.